The molecule has 29 heavy (non-hydrogen) atoms. The van der Waals surface area contributed by atoms with E-state index in [0.717, 1.165) is 43.2 Å². The molecule has 3 N–H and O–H groups in total. The third kappa shape index (κ3) is 4.72. The molecule has 4 heterocycles. The third-order valence-corrected chi connectivity index (χ3v) is 4.86. The van der Waals surface area contributed by atoms with Gasteiger partial charge in [-0.05, 0) is 44.9 Å². The van der Waals surface area contributed by atoms with Crippen molar-refractivity contribution >= 4 is 11.5 Å². The highest BCUT2D eigenvalue weighted by Crippen LogP contribution is 2.34. The van der Waals surface area contributed by atoms with Crippen LogP contribution in [-0.2, 0) is 10.3 Å². The number of hydrogen-bond acceptors (Lipinski definition) is 7. The van der Waals surface area contributed by atoms with E-state index in [1.807, 2.05) is 12.1 Å². The van der Waals surface area contributed by atoms with Gasteiger partial charge in [-0.2, -0.15) is 5.10 Å². The number of hydrogen-bond donors (Lipinski definition) is 3. The first kappa shape index (κ1) is 19.4. The largest absolute Gasteiger partial charge is 0.454 e. The highest BCUT2D eigenvalue weighted by atomic mass is 16.5. The normalized spacial score (nSPS) is 15.3. The molecule has 4 rings (SSSR count). The Morgan fingerprint density at radius 3 is 2.76 bits per heavy atom. The molecule has 0 aliphatic carbocycles. The summed E-state index contributed by atoms with van der Waals surface area (Å²) in [5, 5.41) is 20.7. The molecule has 1 saturated heterocycles. The van der Waals surface area contributed by atoms with Crippen LogP contribution >= 0.6 is 0 Å². The second-order valence-corrected chi connectivity index (χ2v) is 7.61. The molecule has 0 unspecified atom stereocenters. The van der Waals surface area contributed by atoms with E-state index in [1.165, 1.54) is 0 Å². The van der Waals surface area contributed by atoms with Crippen molar-refractivity contribution in [2.75, 3.05) is 18.5 Å². The Hall–Kier alpha value is -2.97. The minimum Gasteiger partial charge on any atom is -0.454 e. The first-order chi connectivity index (χ1) is 14.0. The molecule has 0 saturated carbocycles. The van der Waals surface area contributed by atoms with Gasteiger partial charge in [0.15, 0.2) is 5.75 Å². The lowest BCUT2D eigenvalue weighted by Crippen LogP contribution is -2.17. The maximum Gasteiger partial charge on any atom is 0.168 e. The molecule has 0 radical (unpaired) electrons. The Morgan fingerprint density at radius 1 is 1.17 bits per heavy atom. The number of rotatable bonds is 6. The van der Waals surface area contributed by atoms with Gasteiger partial charge < -0.3 is 19.9 Å². The van der Waals surface area contributed by atoms with E-state index in [-0.39, 0.29) is 0 Å². The van der Waals surface area contributed by atoms with E-state index in [0.29, 0.717) is 23.2 Å². The average molecular weight is 395 g/mol. The molecule has 0 bridgehead atoms. The van der Waals surface area contributed by atoms with Crippen molar-refractivity contribution < 1.29 is 14.6 Å². The Balaban J connectivity index is 1.50. The summed E-state index contributed by atoms with van der Waals surface area (Å²) in [5.41, 5.74) is 1.28. The summed E-state index contributed by atoms with van der Waals surface area (Å²) in [7, 11) is 0. The van der Waals surface area contributed by atoms with Crippen LogP contribution in [0.4, 0.5) is 11.5 Å². The Bertz CT molecular complexity index is 961. The number of aliphatic hydroxyl groups is 1. The fraction of sp³-hybridized carbons (Fsp3) is 0.381. The minimum absolute atomic E-state index is 0.335. The zero-order valence-electron chi connectivity index (χ0n) is 16.6. The lowest BCUT2D eigenvalue weighted by molar-refractivity contribution is 0.0739. The van der Waals surface area contributed by atoms with Crippen LogP contribution < -0.4 is 10.1 Å². The summed E-state index contributed by atoms with van der Waals surface area (Å²) in [6.45, 7) is 4.90. The van der Waals surface area contributed by atoms with Crippen LogP contribution in [0.2, 0.25) is 0 Å². The number of aromatic amines is 1. The number of aromatic nitrogens is 4. The summed E-state index contributed by atoms with van der Waals surface area (Å²) in [6.07, 6.45) is 6.99. The van der Waals surface area contributed by atoms with Crippen LogP contribution in [0.3, 0.4) is 0 Å². The van der Waals surface area contributed by atoms with E-state index >= 15 is 0 Å². The average Bonchev–Trinajstić information content (AvgIpc) is 3.17. The first-order valence-electron chi connectivity index (χ1n) is 9.70. The predicted molar refractivity (Wildman–Crippen MR) is 108 cm³/mol. The molecular formula is C21H25N5O3. The van der Waals surface area contributed by atoms with Crippen molar-refractivity contribution in [2.45, 2.75) is 38.2 Å². The summed E-state index contributed by atoms with van der Waals surface area (Å²) in [6, 6.07) is 7.25. The minimum atomic E-state index is -1.02. The Labute approximate surface area is 169 Å². The van der Waals surface area contributed by atoms with Crippen LogP contribution in [0.25, 0.3) is 0 Å². The van der Waals surface area contributed by atoms with E-state index < -0.39 is 5.60 Å². The molecule has 1 aliphatic heterocycles. The third-order valence-electron chi connectivity index (χ3n) is 4.86. The number of anilines is 2. The maximum absolute atomic E-state index is 10.2. The highest BCUT2D eigenvalue weighted by Gasteiger charge is 2.22. The van der Waals surface area contributed by atoms with Crippen molar-refractivity contribution in [2.24, 2.45) is 0 Å². The van der Waals surface area contributed by atoms with Crippen molar-refractivity contribution in [1.29, 1.82) is 0 Å². The number of nitrogens with zero attached hydrogens (tertiary/aromatic N) is 3. The number of H-pyrrole nitrogens is 1. The van der Waals surface area contributed by atoms with Crippen LogP contribution in [-0.4, -0.2) is 38.5 Å². The number of pyridine rings is 2. The molecule has 0 spiro atoms. The molecule has 0 amide bonds. The second-order valence-electron chi connectivity index (χ2n) is 7.61. The van der Waals surface area contributed by atoms with Crippen molar-refractivity contribution in [3.63, 3.8) is 0 Å². The fourth-order valence-electron chi connectivity index (χ4n) is 3.30. The molecule has 1 aliphatic rings. The maximum atomic E-state index is 10.2. The fourth-order valence-corrected chi connectivity index (χ4v) is 3.30. The number of ether oxygens (including phenoxy) is 2. The van der Waals surface area contributed by atoms with Crippen molar-refractivity contribution in [3.8, 4) is 11.5 Å². The number of nitrogens with one attached hydrogen (secondary N) is 2. The lowest BCUT2D eigenvalue weighted by atomic mass is 9.96. The van der Waals surface area contributed by atoms with E-state index in [4.69, 9.17) is 9.47 Å². The monoisotopic (exact) mass is 395 g/mol. The molecule has 3 aromatic heterocycles. The van der Waals surface area contributed by atoms with Crippen LogP contribution in [0.1, 0.15) is 44.0 Å². The lowest BCUT2D eigenvalue weighted by Gasteiger charge is -2.21. The summed E-state index contributed by atoms with van der Waals surface area (Å²) in [4.78, 5) is 8.57. The smallest absolute Gasteiger partial charge is 0.168 e. The van der Waals surface area contributed by atoms with Gasteiger partial charge in [0, 0.05) is 43.3 Å². The molecule has 3 aromatic rings. The van der Waals surface area contributed by atoms with Gasteiger partial charge in [0.2, 0.25) is 0 Å². The van der Waals surface area contributed by atoms with Crippen LogP contribution in [0, 0.1) is 0 Å². The van der Waals surface area contributed by atoms with Crippen molar-refractivity contribution in [1.82, 2.24) is 20.2 Å². The standard InChI is InChI=1S/C21H25N5O3/c1-21(2,27)18-11-15(3-7-22-18)25-19-12-16(4-8-23-19)29-17-13-24-26-20(17)14-5-9-28-10-6-14/h3-4,7-8,11-14,27H,5-6,9-10H2,1-2H3,(H,24,26)(H,22,23,25). The molecule has 0 atom stereocenters. The Morgan fingerprint density at radius 2 is 1.97 bits per heavy atom. The van der Waals surface area contributed by atoms with E-state index in [2.05, 4.69) is 25.5 Å². The summed E-state index contributed by atoms with van der Waals surface area (Å²) >= 11 is 0. The van der Waals surface area contributed by atoms with E-state index in [9.17, 15) is 5.11 Å². The van der Waals surface area contributed by atoms with Crippen molar-refractivity contribution in [3.05, 3.63) is 54.2 Å². The predicted octanol–water partition coefficient (Wildman–Crippen LogP) is 3.86. The molecule has 8 heteroatoms. The zero-order valence-corrected chi connectivity index (χ0v) is 16.6. The van der Waals surface area contributed by atoms with Gasteiger partial charge in [-0.1, -0.05) is 0 Å². The van der Waals surface area contributed by atoms with Gasteiger partial charge >= 0.3 is 0 Å². The second kappa shape index (κ2) is 8.18. The topological polar surface area (TPSA) is 105 Å². The summed E-state index contributed by atoms with van der Waals surface area (Å²) in [5.74, 6) is 2.35. The van der Waals surface area contributed by atoms with Gasteiger partial charge in [-0.25, -0.2) is 4.98 Å². The Kier molecular flexibility index (Phi) is 5.46. The first-order valence-corrected chi connectivity index (χ1v) is 9.70. The SMILES string of the molecule is CC(C)(O)c1cc(Nc2cc(Oc3c[nH]nc3C3CCOCC3)ccn2)ccn1. The molecule has 8 nitrogen and oxygen atoms in total. The van der Waals surface area contributed by atoms with Gasteiger partial charge in [0.25, 0.3) is 0 Å². The molecular weight excluding hydrogens is 370 g/mol. The quantitative estimate of drug-likeness (QED) is 0.582. The van der Waals surface area contributed by atoms with Gasteiger partial charge in [0.05, 0.1) is 11.9 Å². The molecule has 0 aromatic carbocycles. The van der Waals surface area contributed by atoms with E-state index in [1.54, 1.807) is 44.6 Å². The molecule has 1 fully saturated rings. The van der Waals surface area contributed by atoms with Gasteiger partial charge in [-0.3, -0.25) is 10.1 Å². The van der Waals surface area contributed by atoms with Gasteiger partial charge in [-0.15, -0.1) is 0 Å². The zero-order chi connectivity index (χ0) is 20.3. The van der Waals surface area contributed by atoms with Gasteiger partial charge in [0.1, 0.15) is 22.9 Å². The molecule has 152 valence electrons. The summed E-state index contributed by atoms with van der Waals surface area (Å²) < 4.78 is 11.5. The van der Waals surface area contributed by atoms with Crippen LogP contribution in [0.5, 0.6) is 11.5 Å². The van der Waals surface area contributed by atoms with Crippen LogP contribution in [0.15, 0.2) is 42.9 Å². The highest BCUT2D eigenvalue weighted by molar-refractivity contribution is 5.57.